The van der Waals surface area contributed by atoms with Crippen LogP contribution in [-0.2, 0) is 4.79 Å². The van der Waals surface area contributed by atoms with Gasteiger partial charge in [-0.15, -0.1) is 11.8 Å². The van der Waals surface area contributed by atoms with Crippen molar-refractivity contribution in [1.82, 2.24) is 0 Å². The van der Waals surface area contributed by atoms with Crippen molar-refractivity contribution in [1.29, 1.82) is 0 Å². The molecule has 0 radical (unpaired) electrons. The lowest BCUT2D eigenvalue weighted by molar-refractivity contribution is -0.117. The fraction of sp³-hybridized carbons (Fsp3) is 0.235. The number of hydrogen-bond acceptors (Lipinski definition) is 3. The Kier molecular flexibility index (Phi) is 5.84. The summed E-state index contributed by atoms with van der Waals surface area (Å²) >= 11 is 1.72. The van der Waals surface area contributed by atoms with E-state index in [-0.39, 0.29) is 5.91 Å². The Morgan fingerprint density at radius 2 is 1.81 bits per heavy atom. The molecule has 0 aromatic heterocycles. The fourth-order valence-corrected chi connectivity index (χ4v) is 2.76. The normalized spacial score (nSPS) is 11.9. The van der Waals surface area contributed by atoms with Gasteiger partial charge in [-0.25, -0.2) is 0 Å². The monoisotopic (exact) mass is 300 g/mol. The average molecular weight is 300 g/mol. The second-order valence-corrected chi connectivity index (χ2v) is 6.08. The van der Waals surface area contributed by atoms with E-state index < -0.39 is 6.04 Å². The Hall–Kier alpha value is -1.78. The number of anilines is 1. The number of benzene rings is 2. The van der Waals surface area contributed by atoms with Crippen molar-refractivity contribution in [3.63, 3.8) is 0 Å². The van der Waals surface area contributed by atoms with Gasteiger partial charge in [0.1, 0.15) is 0 Å². The van der Waals surface area contributed by atoms with Gasteiger partial charge in [0, 0.05) is 10.6 Å². The van der Waals surface area contributed by atoms with E-state index in [9.17, 15) is 4.79 Å². The molecule has 21 heavy (non-hydrogen) atoms. The highest BCUT2D eigenvalue weighted by molar-refractivity contribution is 7.99. The smallest absolute Gasteiger partial charge is 0.241 e. The first-order valence-electron chi connectivity index (χ1n) is 6.96. The number of carbonyl (C=O) groups is 1. The molecule has 2 rings (SSSR count). The van der Waals surface area contributed by atoms with Crippen LogP contribution < -0.4 is 11.1 Å². The molecule has 0 aliphatic rings. The number of para-hydroxylation sites is 1. The summed E-state index contributed by atoms with van der Waals surface area (Å²) in [6, 6.07) is 17.3. The number of carbonyl (C=O) groups excluding carboxylic acids is 1. The van der Waals surface area contributed by atoms with Gasteiger partial charge in [0.05, 0.1) is 6.04 Å². The standard InChI is InChI=1S/C17H20N2OS/c1-13-7-9-15(10-8-13)21-12-11-16(18)17(20)19-14-5-3-2-4-6-14/h2-10,16H,11-12,18H2,1H3,(H,19,20). The highest BCUT2D eigenvalue weighted by Gasteiger charge is 2.13. The number of amides is 1. The first kappa shape index (κ1) is 15.6. The van der Waals surface area contributed by atoms with Gasteiger partial charge in [-0.3, -0.25) is 4.79 Å². The molecule has 2 aromatic rings. The quantitative estimate of drug-likeness (QED) is 0.803. The molecule has 0 fully saturated rings. The molecule has 0 spiro atoms. The molecule has 110 valence electrons. The molecule has 0 saturated heterocycles. The Morgan fingerprint density at radius 1 is 1.14 bits per heavy atom. The molecular formula is C17H20N2OS. The minimum absolute atomic E-state index is 0.134. The first-order valence-corrected chi connectivity index (χ1v) is 7.94. The summed E-state index contributed by atoms with van der Waals surface area (Å²) in [5.74, 6) is 0.692. The first-order chi connectivity index (χ1) is 10.1. The van der Waals surface area contributed by atoms with Crippen LogP contribution in [0.4, 0.5) is 5.69 Å². The molecular weight excluding hydrogens is 280 g/mol. The third-order valence-corrected chi connectivity index (χ3v) is 4.14. The molecule has 0 aliphatic carbocycles. The third kappa shape index (κ3) is 5.25. The van der Waals surface area contributed by atoms with Crippen LogP contribution in [0.1, 0.15) is 12.0 Å². The summed E-state index contributed by atoms with van der Waals surface area (Å²) in [4.78, 5) is 13.2. The molecule has 3 nitrogen and oxygen atoms in total. The van der Waals surface area contributed by atoms with Crippen molar-refractivity contribution in [2.24, 2.45) is 5.73 Å². The van der Waals surface area contributed by atoms with Gasteiger partial charge >= 0.3 is 0 Å². The molecule has 1 atom stereocenters. The lowest BCUT2D eigenvalue weighted by Crippen LogP contribution is -2.36. The zero-order chi connectivity index (χ0) is 15.1. The lowest BCUT2D eigenvalue weighted by atomic mass is 10.2. The van der Waals surface area contributed by atoms with Crippen molar-refractivity contribution in [2.75, 3.05) is 11.1 Å². The number of rotatable bonds is 6. The van der Waals surface area contributed by atoms with Crippen LogP contribution in [0.25, 0.3) is 0 Å². The van der Waals surface area contributed by atoms with Crippen LogP contribution >= 0.6 is 11.8 Å². The van der Waals surface area contributed by atoms with Gasteiger partial charge < -0.3 is 11.1 Å². The van der Waals surface area contributed by atoms with Crippen LogP contribution in [0.2, 0.25) is 0 Å². The minimum atomic E-state index is -0.483. The fourth-order valence-electron chi connectivity index (χ4n) is 1.83. The van der Waals surface area contributed by atoms with Gasteiger partial charge in [-0.1, -0.05) is 35.9 Å². The lowest BCUT2D eigenvalue weighted by Gasteiger charge is -2.12. The second kappa shape index (κ2) is 7.86. The molecule has 3 N–H and O–H groups in total. The highest BCUT2D eigenvalue weighted by Crippen LogP contribution is 2.19. The maximum atomic E-state index is 12.0. The Balaban J connectivity index is 1.75. The summed E-state index contributed by atoms with van der Waals surface area (Å²) < 4.78 is 0. The van der Waals surface area contributed by atoms with Crippen molar-refractivity contribution in [3.8, 4) is 0 Å². The van der Waals surface area contributed by atoms with Gasteiger partial charge in [0.25, 0.3) is 0 Å². The average Bonchev–Trinajstić information content (AvgIpc) is 2.50. The van der Waals surface area contributed by atoms with Crippen LogP contribution in [0.3, 0.4) is 0 Å². The van der Waals surface area contributed by atoms with Gasteiger partial charge in [-0.05, 0) is 43.4 Å². The van der Waals surface area contributed by atoms with E-state index in [1.807, 2.05) is 30.3 Å². The minimum Gasteiger partial charge on any atom is -0.325 e. The van der Waals surface area contributed by atoms with Crippen LogP contribution in [0.5, 0.6) is 0 Å². The molecule has 4 heteroatoms. The predicted molar refractivity (Wildman–Crippen MR) is 89.6 cm³/mol. The zero-order valence-corrected chi connectivity index (χ0v) is 12.9. The molecule has 0 saturated carbocycles. The molecule has 1 unspecified atom stereocenters. The van der Waals surface area contributed by atoms with E-state index >= 15 is 0 Å². The number of hydrogen-bond donors (Lipinski definition) is 2. The topological polar surface area (TPSA) is 55.1 Å². The molecule has 0 aliphatic heterocycles. The molecule has 2 aromatic carbocycles. The van der Waals surface area contributed by atoms with Crippen LogP contribution in [0.15, 0.2) is 59.5 Å². The summed E-state index contributed by atoms with van der Waals surface area (Å²) in [7, 11) is 0. The van der Waals surface area contributed by atoms with Crippen molar-refractivity contribution < 1.29 is 4.79 Å². The second-order valence-electron chi connectivity index (χ2n) is 4.91. The van der Waals surface area contributed by atoms with Crippen molar-refractivity contribution in [2.45, 2.75) is 24.3 Å². The molecule has 0 bridgehead atoms. The highest BCUT2D eigenvalue weighted by atomic mass is 32.2. The molecule has 1 amide bonds. The van der Waals surface area contributed by atoms with E-state index in [0.29, 0.717) is 6.42 Å². The molecule has 0 heterocycles. The van der Waals surface area contributed by atoms with Crippen LogP contribution in [-0.4, -0.2) is 17.7 Å². The zero-order valence-electron chi connectivity index (χ0n) is 12.1. The van der Waals surface area contributed by atoms with Crippen LogP contribution in [0, 0.1) is 6.92 Å². The van der Waals surface area contributed by atoms with E-state index in [4.69, 9.17) is 5.73 Å². The number of nitrogens with two attached hydrogens (primary N) is 1. The number of aryl methyl sites for hydroxylation is 1. The van der Waals surface area contributed by atoms with E-state index in [1.165, 1.54) is 10.5 Å². The summed E-state index contributed by atoms with van der Waals surface area (Å²) in [6.45, 7) is 2.07. The Bertz CT molecular complexity index is 569. The largest absolute Gasteiger partial charge is 0.325 e. The van der Waals surface area contributed by atoms with Crippen molar-refractivity contribution >= 4 is 23.4 Å². The third-order valence-electron chi connectivity index (χ3n) is 3.10. The summed E-state index contributed by atoms with van der Waals surface area (Å²) in [5.41, 5.74) is 7.96. The predicted octanol–water partition coefficient (Wildman–Crippen LogP) is 3.44. The Labute approximate surface area is 129 Å². The number of thioether (sulfide) groups is 1. The van der Waals surface area contributed by atoms with Gasteiger partial charge in [-0.2, -0.15) is 0 Å². The Morgan fingerprint density at radius 3 is 2.48 bits per heavy atom. The van der Waals surface area contributed by atoms with E-state index in [2.05, 4.69) is 36.5 Å². The SMILES string of the molecule is Cc1ccc(SCCC(N)C(=O)Nc2ccccc2)cc1. The maximum absolute atomic E-state index is 12.0. The van der Waals surface area contributed by atoms with E-state index in [0.717, 1.165) is 11.4 Å². The van der Waals surface area contributed by atoms with Gasteiger partial charge in [0.2, 0.25) is 5.91 Å². The summed E-state index contributed by atoms with van der Waals surface area (Å²) in [5, 5.41) is 2.82. The van der Waals surface area contributed by atoms with Gasteiger partial charge in [0.15, 0.2) is 0 Å². The van der Waals surface area contributed by atoms with Crippen molar-refractivity contribution in [3.05, 3.63) is 60.2 Å². The summed E-state index contributed by atoms with van der Waals surface area (Å²) in [6.07, 6.45) is 0.650. The number of nitrogens with one attached hydrogen (secondary N) is 1. The van der Waals surface area contributed by atoms with E-state index in [1.54, 1.807) is 11.8 Å². The maximum Gasteiger partial charge on any atom is 0.241 e.